The Balaban J connectivity index is 1.73. The van der Waals surface area contributed by atoms with Crippen LogP contribution in [0.4, 0.5) is 17.3 Å². The molecule has 138 valence electrons. The van der Waals surface area contributed by atoms with Crippen LogP contribution in [0.15, 0.2) is 30.6 Å². The first-order chi connectivity index (χ1) is 12.7. The summed E-state index contributed by atoms with van der Waals surface area (Å²) >= 11 is 6.23. The van der Waals surface area contributed by atoms with Gasteiger partial charge in [-0.15, -0.1) is 0 Å². The van der Waals surface area contributed by atoms with Gasteiger partial charge in [-0.2, -0.15) is 0 Å². The summed E-state index contributed by atoms with van der Waals surface area (Å²) in [7, 11) is 1.35. The number of benzene rings is 1. The van der Waals surface area contributed by atoms with Gasteiger partial charge < -0.3 is 15.4 Å². The number of halogens is 1. The summed E-state index contributed by atoms with van der Waals surface area (Å²) in [5, 5.41) is 7.15. The van der Waals surface area contributed by atoms with Gasteiger partial charge in [-0.25, -0.2) is 14.8 Å². The van der Waals surface area contributed by atoms with Crippen molar-refractivity contribution in [2.24, 2.45) is 0 Å². The van der Waals surface area contributed by atoms with E-state index in [9.17, 15) is 4.79 Å². The molecule has 1 aliphatic rings. The van der Waals surface area contributed by atoms with Crippen LogP contribution < -0.4 is 10.6 Å². The van der Waals surface area contributed by atoms with Crippen molar-refractivity contribution < 1.29 is 9.53 Å². The van der Waals surface area contributed by atoms with Crippen LogP contribution in [0.2, 0.25) is 5.02 Å². The zero-order chi connectivity index (χ0) is 18.4. The third-order valence-corrected chi connectivity index (χ3v) is 4.85. The van der Waals surface area contributed by atoms with E-state index in [-0.39, 0.29) is 0 Å². The van der Waals surface area contributed by atoms with Crippen molar-refractivity contribution in [3.63, 3.8) is 0 Å². The van der Waals surface area contributed by atoms with E-state index in [2.05, 4.69) is 20.6 Å². The number of ether oxygens (including phenoxy) is 1. The quantitative estimate of drug-likeness (QED) is 0.578. The predicted octanol–water partition coefficient (Wildman–Crippen LogP) is 4.79. The maximum atomic E-state index is 11.7. The highest BCUT2D eigenvalue weighted by Crippen LogP contribution is 2.27. The molecule has 3 rings (SSSR count). The van der Waals surface area contributed by atoms with Gasteiger partial charge in [0, 0.05) is 12.1 Å². The molecule has 26 heavy (non-hydrogen) atoms. The first-order valence-corrected chi connectivity index (χ1v) is 9.27. The van der Waals surface area contributed by atoms with Gasteiger partial charge in [0.05, 0.1) is 23.4 Å². The molecule has 0 saturated heterocycles. The fourth-order valence-corrected chi connectivity index (χ4v) is 3.31. The third-order valence-electron chi connectivity index (χ3n) is 4.52. The van der Waals surface area contributed by atoms with E-state index in [0.29, 0.717) is 28.1 Å². The third kappa shape index (κ3) is 4.85. The smallest absolute Gasteiger partial charge is 0.337 e. The summed E-state index contributed by atoms with van der Waals surface area (Å²) in [6.07, 6.45) is 8.97. The van der Waals surface area contributed by atoms with E-state index in [0.717, 1.165) is 5.82 Å². The molecular formula is C19H23ClN4O2. The Labute approximate surface area is 158 Å². The number of rotatable bonds is 5. The molecule has 1 saturated carbocycles. The highest BCUT2D eigenvalue weighted by atomic mass is 35.5. The fourth-order valence-electron chi connectivity index (χ4n) is 3.14. The highest BCUT2D eigenvalue weighted by molar-refractivity contribution is 6.33. The fraction of sp³-hybridized carbons (Fsp3) is 0.421. The molecule has 1 heterocycles. The topological polar surface area (TPSA) is 76.1 Å². The van der Waals surface area contributed by atoms with Gasteiger partial charge in [0.2, 0.25) is 0 Å². The lowest BCUT2D eigenvalue weighted by Gasteiger charge is -2.17. The van der Waals surface area contributed by atoms with Crippen LogP contribution in [0, 0.1) is 0 Å². The van der Waals surface area contributed by atoms with Gasteiger partial charge >= 0.3 is 5.97 Å². The van der Waals surface area contributed by atoms with Crippen LogP contribution >= 0.6 is 11.6 Å². The number of carbonyl (C=O) groups excluding carboxylic acids is 1. The van der Waals surface area contributed by atoms with E-state index in [1.165, 1.54) is 52.0 Å². The Morgan fingerprint density at radius 3 is 2.58 bits per heavy atom. The van der Waals surface area contributed by atoms with Crippen LogP contribution in [-0.4, -0.2) is 29.1 Å². The molecule has 1 fully saturated rings. The Morgan fingerprint density at radius 2 is 1.85 bits per heavy atom. The predicted molar refractivity (Wildman–Crippen MR) is 103 cm³/mol. The molecule has 0 spiro atoms. The summed E-state index contributed by atoms with van der Waals surface area (Å²) in [5.41, 5.74) is 1.01. The standard InChI is InChI=1S/C19H23ClN4O2/c1-26-19(25)13-8-9-15(20)16(10-13)24-18-11-17(21-12-22-18)23-14-6-4-2-3-5-7-14/h8-12,14H,2-7H2,1H3,(H2,21,22,23,24). The number of esters is 1. The van der Waals surface area contributed by atoms with E-state index >= 15 is 0 Å². The molecule has 1 aromatic carbocycles. The second-order valence-corrected chi connectivity index (χ2v) is 6.84. The summed E-state index contributed by atoms with van der Waals surface area (Å²) in [4.78, 5) is 20.3. The Bertz CT molecular complexity index is 761. The largest absolute Gasteiger partial charge is 0.465 e. The SMILES string of the molecule is COC(=O)c1ccc(Cl)c(Nc2cc(NC3CCCCCC3)ncn2)c1. The molecule has 0 aliphatic heterocycles. The first kappa shape index (κ1) is 18.5. The van der Waals surface area contributed by atoms with Crippen molar-refractivity contribution in [3.05, 3.63) is 41.2 Å². The maximum Gasteiger partial charge on any atom is 0.337 e. The average molecular weight is 375 g/mol. The van der Waals surface area contributed by atoms with Crippen LogP contribution in [0.5, 0.6) is 0 Å². The Kier molecular flexibility index (Phi) is 6.28. The maximum absolute atomic E-state index is 11.7. The van der Waals surface area contributed by atoms with Crippen LogP contribution in [-0.2, 0) is 4.74 Å². The molecule has 0 radical (unpaired) electrons. The molecule has 2 aromatic rings. The Hall–Kier alpha value is -2.34. The molecule has 7 heteroatoms. The molecule has 0 amide bonds. The average Bonchev–Trinajstić information content (AvgIpc) is 2.92. The lowest BCUT2D eigenvalue weighted by Crippen LogP contribution is -2.19. The molecule has 1 aromatic heterocycles. The minimum Gasteiger partial charge on any atom is -0.465 e. The molecule has 0 unspecified atom stereocenters. The lowest BCUT2D eigenvalue weighted by molar-refractivity contribution is 0.0601. The molecule has 6 nitrogen and oxygen atoms in total. The van der Waals surface area contributed by atoms with Gasteiger partial charge in [0.1, 0.15) is 18.0 Å². The lowest BCUT2D eigenvalue weighted by atomic mass is 10.1. The summed E-state index contributed by atoms with van der Waals surface area (Å²) in [6.45, 7) is 0. The van der Waals surface area contributed by atoms with E-state index in [1.807, 2.05) is 6.07 Å². The molecular weight excluding hydrogens is 352 g/mol. The van der Waals surface area contributed by atoms with Gasteiger partial charge in [-0.1, -0.05) is 37.3 Å². The first-order valence-electron chi connectivity index (χ1n) is 8.89. The zero-order valence-corrected chi connectivity index (χ0v) is 15.6. The number of carbonyl (C=O) groups is 1. The molecule has 1 aliphatic carbocycles. The molecule has 2 N–H and O–H groups in total. The minimum absolute atomic E-state index is 0.414. The number of methoxy groups -OCH3 is 1. The van der Waals surface area contributed by atoms with Gasteiger partial charge in [0.15, 0.2) is 0 Å². The van der Waals surface area contributed by atoms with Crippen LogP contribution in [0.25, 0.3) is 0 Å². The number of aromatic nitrogens is 2. The van der Waals surface area contributed by atoms with Crippen molar-refractivity contribution in [1.82, 2.24) is 9.97 Å². The number of hydrogen-bond donors (Lipinski definition) is 2. The van der Waals surface area contributed by atoms with Gasteiger partial charge in [0.25, 0.3) is 0 Å². The van der Waals surface area contributed by atoms with Crippen molar-refractivity contribution in [2.45, 2.75) is 44.6 Å². The molecule has 0 bridgehead atoms. The summed E-state index contributed by atoms with van der Waals surface area (Å²) in [6, 6.07) is 7.23. The van der Waals surface area contributed by atoms with Crippen LogP contribution in [0.1, 0.15) is 48.9 Å². The van der Waals surface area contributed by atoms with Crippen molar-refractivity contribution in [2.75, 3.05) is 17.7 Å². The summed E-state index contributed by atoms with van der Waals surface area (Å²) < 4.78 is 4.75. The summed E-state index contributed by atoms with van der Waals surface area (Å²) in [5.74, 6) is 0.984. The highest BCUT2D eigenvalue weighted by Gasteiger charge is 2.13. The minimum atomic E-state index is -0.414. The number of nitrogens with zero attached hydrogens (tertiary/aromatic N) is 2. The van der Waals surface area contributed by atoms with Gasteiger partial charge in [-0.3, -0.25) is 0 Å². The molecule has 0 atom stereocenters. The van der Waals surface area contributed by atoms with E-state index < -0.39 is 5.97 Å². The van der Waals surface area contributed by atoms with Crippen LogP contribution in [0.3, 0.4) is 0 Å². The number of hydrogen-bond acceptors (Lipinski definition) is 6. The normalized spacial score (nSPS) is 15.2. The zero-order valence-electron chi connectivity index (χ0n) is 14.8. The second kappa shape index (κ2) is 8.85. The van der Waals surface area contributed by atoms with E-state index in [4.69, 9.17) is 16.3 Å². The van der Waals surface area contributed by atoms with Crippen molar-refractivity contribution >= 4 is 34.9 Å². The number of anilines is 3. The van der Waals surface area contributed by atoms with E-state index in [1.54, 1.807) is 18.2 Å². The number of nitrogens with one attached hydrogen (secondary N) is 2. The monoisotopic (exact) mass is 374 g/mol. The second-order valence-electron chi connectivity index (χ2n) is 6.43. The van der Waals surface area contributed by atoms with Crippen molar-refractivity contribution in [1.29, 1.82) is 0 Å². The van der Waals surface area contributed by atoms with Crippen molar-refractivity contribution in [3.8, 4) is 0 Å². The van der Waals surface area contributed by atoms with Gasteiger partial charge in [-0.05, 0) is 31.0 Å². The Morgan fingerprint density at radius 1 is 1.12 bits per heavy atom.